The number of hydrogen-bond acceptors (Lipinski definition) is 8. The number of methoxy groups -OCH3 is 1. The van der Waals surface area contributed by atoms with E-state index in [0.717, 1.165) is 23.4 Å². The van der Waals surface area contributed by atoms with Gasteiger partial charge in [0.25, 0.3) is 11.8 Å². The molecule has 5 rings (SSSR count). The summed E-state index contributed by atoms with van der Waals surface area (Å²) in [6.45, 7) is 5.82. The van der Waals surface area contributed by atoms with Crippen molar-refractivity contribution in [1.82, 2.24) is 40.3 Å². The fraction of sp³-hybridized carbons (Fsp3) is 0.429. The van der Waals surface area contributed by atoms with Crippen LogP contribution in [0.25, 0.3) is 0 Å². The van der Waals surface area contributed by atoms with Crippen LogP contribution in [0.5, 0.6) is 11.5 Å². The number of aromatic nitrogens is 5. The summed E-state index contributed by atoms with van der Waals surface area (Å²) in [5, 5.41) is 19.0. The highest BCUT2D eigenvalue weighted by atomic mass is 16.5. The van der Waals surface area contributed by atoms with Gasteiger partial charge in [0.05, 0.1) is 30.7 Å². The third-order valence-electron chi connectivity index (χ3n) is 8.08. The van der Waals surface area contributed by atoms with E-state index in [1.165, 1.54) is 7.11 Å². The molecule has 1 aliphatic heterocycles. The first-order chi connectivity index (χ1) is 23.2. The van der Waals surface area contributed by atoms with E-state index in [1.807, 2.05) is 42.6 Å². The van der Waals surface area contributed by atoms with Crippen molar-refractivity contribution in [2.24, 2.45) is 13.0 Å². The van der Waals surface area contributed by atoms with E-state index >= 15 is 0 Å². The van der Waals surface area contributed by atoms with Crippen LogP contribution in [0.2, 0.25) is 0 Å². The van der Waals surface area contributed by atoms with Crippen LogP contribution in [-0.2, 0) is 37.6 Å². The lowest BCUT2D eigenvalue weighted by Crippen LogP contribution is -2.50. The molecular weight excluding hydrogens is 612 g/mol. The first-order valence-corrected chi connectivity index (χ1v) is 16.3. The quantitative estimate of drug-likeness (QED) is 0.322. The Labute approximate surface area is 280 Å². The zero-order chi connectivity index (χ0) is 34.0. The normalized spacial score (nSPS) is 16.5. The third kappa shape index (κ3) is 8.78. The van der Waals surface area contributed by atoms with Crippen LogP contribution in [0, 0.1) is 5.92 Å². The Morgan fingerprint density at radius 3 is 2.67 bits per heavy atom. The number of carbonyl (C=O) groups excluding carboxylic acids is 3. The zero-order valence-corrected chi connectivity index (χ0v) is 28.0. The number of aryl methyl sites for hydroxylation is 2. The van der Waals surface area contributed by atoms with Crippen LogP contribution in [0.3, 0.4) is 0 Å². The van der Waals surface area contributed by atoms with E-state index < -0.39 is 11.9 Å². The van der Waals surface area contributed by atoms with Gasteiger partial charge in [0, 0.05) is 58.7 Å². The molecule has 0 spiro atoms. The van der Waals surface area contributed by atoms with Gasteiger partial charge in [-0.05, 0) is 36.1 Å². The van der Waals surface area contributed by atoms with E-state index in [2.05, 4.69) is 39.9 Å². The first-order valence-electron chi connectivity index (χ1n) is 16.3. The number of ether oxygens (including phenoxy) is 2. The van der Waals surface area contributed by atoms with Gasteiger partial charge in [-0.15, -0.1) is 5.10 Å². The summed E-state index contributed by atoms with van der Waals surface area (Å²) in [6, 6.07) is 15.5. The highest BCUT2D eigenvalue weighted by Gasteiger charge is 2.26. The molecule has 2 N–H and O–H groups in total. The predicted octanol–water partition coefficient (Wildman–Crippen LogP) is 2.84. The molecular formula is C35H44N8O5. The minimum atomic E-state index is -0.894. The Balaban J connectivity index is 1.42. The van der Waals surface area contributed by atoms with Gasteiger partial charge in [-0.25, -0.2) is 0 Å². The fourth-order valence-electron chi connectivity index (χ4n) is 5.67. The Kier molecular flexibility index (Phi) is 11.4. The molecule has 0 saturated carbocycles. The number of nitrogens with zero attached hydrogens (tertiary/aromatic N) is 6. The Bertz CT molecular complexity index is 1700. The molecule has 0 radical (unpaired) electrons. The molecule has 2 bridgehead atoms. The molecule has 13 nitrogen and oxygen atoms in total. The van der Waals surface area contributed by atoms with Crippen molar-refractivity contribution in [2.45, 2.75) is 52.1 Å². The van der Waals surface area contributed by atoms with Gasteiger partial charge in [-0.3, -0.25) is 23.7 Å². The van der Waals surface area contributed by atoms with Crippen molar-refractivity contribution in [3.63, 3.8) is 0 Å². The number of carbonyl (C=O) groups is 3. The minimum Gasteiger partial charge on any atom is -0.493 e. The topological polar surface area (TPSA) is 146 Å². The Morgan fingerprint density at radius 2 is 1.90 bits per heavy atom. The summed E-state index contributed by atoms with van der Waals surface area (Å²) < 4.78 is 15.0. The average Bonchev–Trinajstić information content (AvgIpc) is 3.68. The van der Waals surface area contributed by atoms with Crippen molar-refractivity contribution in [2.75, 3.05) is 33.4 Å². The minimum absolute atomic E-state index is 0.169. The van der Waals surface area contributed by atoms with Gasteiger partial charge >= 0.3 is 0 Å². The first kappa shape index (κ1) is 34.1. The fourth-order valence-corrected chi connectivity index (χ4v) is 5.67. The van der Waals surface area contributed by atoms with Crippen molar-refractivity contribution < 1.29 is 23.9 Å². The standard InChI is InChI=1S/C35H44N8O5/c1-24(2)20-27-22-30(41(3)39-27)35(46)42-17-14-26-23-43(40-38-26)16-9-19-48-32-28(12-8-13-31(32)47-4)33(44)37-29(34(45)36-15-18-42)21-25-10-6-5-7-11-25/h5-8,10-13,22-24,29H,9,14-21H2,1-4H3,(H,36,45)(H,37,44)/t29-/m0/s1. The van der Waals surface area contributed by atoms with Gasteiger partial charge < -0.3 is 25.0 Å². The van der Waals surface area contributed by atoms with Gasteiger partial charge in [0.2, 0.25) is 5.91 Å². The molecule has 1 aliphatic rings. The number of nitrogens with one attached hydrogen (secondary N) is 2. The van der Waals surface area contributed by atoms with Crippen LogP contribution < -0.4 is 20.1 Å². The SMILES string of the molecule is COc1cccc2c1OCCCn1cc(nn1)CCN(C(=O)c1cc(CC(C)C)nn1C)CCNC(=O)[C@H](Cc1ccccc1)NC2=O. The van der Waals surface area contributed by atoms with Gasteiger partial charge in [0.15, 0.2) is 11.5 Å². The number of hydrogen-bond donors (Lipinski definition) is 2. The number of benzene rings is 2. The van der Waals surface area contributed by atoms with Crippen LogP contribution in [0.4, 0.5) is 0 Å². The number of rotatable bonds is 6. The summed E-state index contributed by atoms with van der Waals surface area (Å²) in [5.41, 5.74) is 3.21. The lowest BCUT2D eigenvalue weighted by molar-refractivity contribution is -0.123. The number of fused-ring (bicyclic) bond motifs is 3. The molecule has 3 amide bonds. The molecule has 2 aromatic heterocycles. The highest BCUT2D eigenvalue weighted by Crippen LogP contribution is 2.31. The average molecular weight is 657 g/mol. The second kappa shape index (κ2) is 16.1. The molecule has 4 aromatic rings. The van der Waals surface area contributed by atoms with Gasteiger partial charge in [0.1, 0.15) is 11.7 Å². The van der Waals surface area contributed by atoms with Crippen LogP contribution in [0.1, 0.15) is 58.1 Å². The molecule has 0 unspecified atom stereocenters. The van der Waals surface area contributed by atoms with Crippen molar-refractivity contribution in [3.05, 3.63) is 89.0 Å². The van der Waals surface area contributed by atoms with Crippen LogP contribution in [0.15, 0.2) is 60.8 Å². The second-order valence-corrected chi connectivity index (χ2v) is 12.3. The molecule has 2 aromatic carbocycles. The highest BCUT2D eigenvalue weighted by molar-refractivity contribution is 6.00. The van der Waals surface area contributed by atoms with E-state index in [0.29, 0.717) is 49.0 Å². The molecule has 0 saturated heterocycles. The zero-order valence-electron chi connectivity index (χ0n) is 28.0. The Hall–Kier alpha value is -5.20. The lowest BCUT2D eigenvalue weighted by Gasteiger charge is -2.24. The van der Waals surface area contributed by atoms with Crippen LogP contribution >= 0.6 is 0 Å². The van der Waals surface area contributed by atoms with Gasteiger partial charge in [-0.2, -0.15) is 5.10 Å². The molecule has 3 heterocycles. The molecule has 13 heteroatoms. The summed E-state index contributed by atoms with van der Waals surface area (Å²) in [6.07, 6.45) is 3.95. The number of amides is 3. The van der Waals surface area contributed by atoms with E-state index in [9.17, 15) is 14.4 Å². The summed E-state index contributed by atoms with van der Waals surface area (Å²) in [4.78, 5) is 43.0. The van der Waals surface area contributed by atoms with Crippen molar-refractivity contribution >= 4 is 17.7 Å². The van der Waals surface area contributed by atoms with E-state index in [-0.39, 0.29) is 43.5 Å². The second-order valence-electron chi connectivity index (χ2n) is 12.3. The van der Waals surface area contributed by atoms with Crippen LogP contribution in [-0.4, -0.2) is 86.8 Å². The smallest absolute Gasteiger partial charge is 0.272 e. The molecule has 48 heavy (non-hydrogen) atoms. The maximum atomic E-state index is 13.9. The summed E-state index contributed by atoms with van der Waals surface area (Å²) in [5.74, 6) is 0.0800. The van der Waals surface area contributed by atoms with Crippen molar-refractivity contribution in [1.29, 1.82) is 0 Å². The third-order valence-corrected chi connectivity index (χ3v) is 8.08. The maximum Gasteiger partial charge on any atom is 0.272 e. The Morgan fingerprint density at radius 1 is 1.08 bits per heavy atom. The number of para-hydroxylation sites is 1. The van der Waals surface area contributed by atoms with E-state index in [4.69, 9.17) is 9.47 Å². The predicted molar refractivity (Wildman–Crippen MR) is 179 cm³/mol. The van der Waals surface area contributed by atoms with E-state index in [1.54, 1.807) is 39.5 Å². The van der Waals surface area contributed by atoms with Gasteiger partial charge in [-0.1, -0.05) is 55.5 Å². The van der Waals surface area contributed by atoms with Crippen molar-refractivity contribution in [3.8, 4) is 11.5 Å². The lowest BCUT2D eigenvalue weighted by atomic mass is 10.0. The largest absolute Gasteiger partial charge is 0.493 e. The summed E-state index contributed by atoms with van der Waals surface area (Å²) >= 11 is 0. The molecule has 1 atom stereocenters. The monoisotopic (exact) mass is 656 g/mol. The molecule has 0 fully saturated rings. The summed E-state index contributed by atoms with van der Waals surface area (Å²) in [7, 11) is 3.28. The molecule has 0 aliphatic carbocycles. The maximum absolute atomic E-state index is 13.9. The molecule has 254 valence electrons.